The number of rotatable bonds is 4. The van der Waals surface area contributed by atoms with Gasteiger partial charge in [0.2, 0.25) is 0 Å². The Bertz CT molecular complexity index is 587. The monoisotopic (exact) mass is 258 g/mol. The van der Waals surface area contributed by atoms with Gasteiger partial charge in [0.1, 0.15) is 10.5 Å². The highest BCUT2D eigenvalue weighted by Gasteiger charge is 2.03. The van der Waals surface area contributed by atoms with E-state index in [0.29, 0.717) is 4.64 Å². The van der Waals surface area contributed by atoms with Crippen LogP contribution in [0, 0.1) is 11.6 Å². The Morgan fingerprint density at radius 3 is 2.78 bits per heavy atom. The van der Waals surface area contributed by atoms with Crippen molar-refractivity contribution in [1.29, 1.82) is 0 Å². The Morgan fingerprint density at radius 1 is 1.28 bits per heavy atom. The van der Waals surface area contributed by atoms with E-state index in [0.717, 1.165) is 25.1 Å². The second kappa shape index (κ2) is 5.91. The summed E-state index contributed by atoms with van der Waals surface area (Å²) in [5.41, 5.74) is 3.77. The topological polar surface area (TPSA) is 28.7 Å². The number of benzene rings is 1. The summed E-state index contributed by atoms with van der Waals surface area (Å²) in [7, 11) is 0. The van der Waals surface area contributed by atoms with Gasteiger partial charge in [-0.3, -0.25) is 0 Å². The van der Waals surface area contributed by atoms with Gasteiger partial charge in [-0.2, -0.15) is 0 Å². The molecule has 2 rings (SSSR count). The lowest BCUT2D eigenvalue weighted by molar-refractivity contribution is 0.837. The molecule has 1 aromatic heterocycles. The SMILES string of the molecule is CCCc1cc(=S)nc(Cc2ccccc2C)[nH]1. The van der Waals surface area contributed by atoms with E-state index in [-0.39, 0.29) is 0 Å². The minimum Gasteiger partial charge on any atom is -0.347 e. The molecule has 0 unspecified atom stereocenters. The van der Waals surface area contributed by atoms with Crippen LogP contribution in [-0.4, -0.2) is 9.97 Å². The summed E-state index contributed by atoms with van der Waals surface area (Å²) >= 11 is 5.22. The van der Waals surface area contributed by atoms with E-state index in [9.17, 15) is 0 Å². The van der Waals surface area contributed by atoms with Gasteiger partial charge < -0.3 is 4.98 Å². The molecule has 0 amide bonds. The van der Waals surface area contributed by atoms with Crippen LogP contribution >= 0.6 is 12.2 Å². The van der Waals surface area contributed by atoms with Gasteiger partial charge in [-0.05, 0) is 30.5 Å². The first-order valence-electron chi connectivity index (χ1n) is 6.32. The van der Waals surface area contributed by atoms with Gasteiger partial charge in [0.25, 0.3) is 0 Å². The number of aryl methyl sites for hydroxylation is 2. The van der Waals surface area contributed by atoms with Crippen molar-refractivity contribution in [3.63, 3.8) is 0 Å². The summed E-state index contributed by atoms with van der Waals surface area (Å²) < 4.78 is 0.681. The van der Waals surface area contributed by atoms with E-state index < -0.39 is 0 Å². The summed E-state index contributed by atoms with van der Waals surface area (Å²) in [6, 6.07) is 10.3. The minimum absolute atomic E-state index is 0.681. The van der Waals surface area contributed by atoms with Crippen molar-refractivity contribution in [2.75, 3.05) is 0 Å². The van der Waals surface area contributed by atoms with Gasteiger partial charge in [-0.15, -0.1) is 0 Å². The summed E-state index contributed by atoms with van der Waals surface area (Å²) in [5.74, 6) is 0.959. The molecule has 0 fully saturated rings. The van der Waals surface area contributed by atoms with Crippen LogP contribution in [-0.2, 0) is 12.8 Å². The van der Waals surface area contributed by atoms with Crippen LogP contribution in [0.3, 0.4) is 0 Å². The summed E-state index contributed by atoms with van der Waals surface area (Å²) in [6.07, 6.45) is 2.94. The Morgan fingerprint density at radius 2 is 2.06 bits per heavy atom. The normalized spacial score (nSPS) is 10.6. The van der Waals surface area contributed by atoms with Crippen LogP contribution in [0.15, 0.2) is 30.3 Å². The number of nitrogens with zero attached hydrogens (tertiary/aromatic N) is 1. The largest absolute Gasteiger partial charge is 0.347 e. The quantitative estimate of drug-likeness (QED) is 0.840. The fourth-order valence-corrected chi connectivity index (χ4v) is 2.29. The molecule has 0 saturated carbocycles. The van der Waals surface area contributed by atoms with Crippen LogP contribution in [0.5, 0.6) is 0 Å². The number of nitrogens with one attached hydrogen (secondary N) is 1. The second-order valence-corrected chi connectivity index (χ2v) is 4.96. The number of aromatic nitrogens is 2. The third-order valence-corrected chi connectivity index (χ3v) is 3.20. The molecule has 2 aromatic rings. The molecule has 0 aliphatic rings. The predicted octanol–water partition coefficient (Wildman–Crippen LogP) is 3.99. The van der Waals surface area contributed by atoms with Crippen LogP contribution in [0.4, 0.5) is 0 Å². The number of hydrogen-bond acceptors (Lipinski definition) is 2. The van der Waals surface area contributed by atoms with Gasteiger partial charge in [-0.25, -0.2) is 4.98 Å². The molecule has 0 saturated heterocycles. The zero-order valence-corrected chi connectivity index (χ0v) is 11.7. The maximum absolute atomic E-state index is 5.22. The smallest absolute Gasteiger partial charge is 0.130 e. The van der Waals surface area contributed by atoms with Crippen molar-refractivity contribution in [2.45, 2.75) is 33.1 Å². The number of hydrogen-bond donors (Lipinski definition) is 1. The van der Waals surface area contributed by atoms with E-state index in [1.54, 1.807) is 0 Å². The zero-order valence-electron chi connectivity index (χ0n) is 10.9. The molecule has 1 N–H and O–H groups in total. The predicted molar refractivity (Wildman–Crippen MR) is 77.4 cm³/mol. The van der Waals surface area contributed by atoms with Gasteiger partial charge >= 0.3 is 0 Å². The summed E-state index contributed by atoms with van der Waals surface area (Å²) in [6.45, 7) is 4.29. The van der Waals surface area contributed by atoms with E-state index >= 15 is 0 Å². The lowest BCUT2D eigenvalue weighted by atomic mass is 10.1. The Kier molecular flexibility index (Phi) is 4.26. The van der Waals surface area contributed by atoms with Crippen molar-refractivity contribution in [3.05, 3.63) is 57.6 Å². The molecule has 0 spiro atoms. The summed E-state index contributed by atoms with van der Waals surface area (Å²) in [5, 5.41) is 0. The standard InChI is InChI=1S/C15H18N2S/c1-3-6-13-10-15(18)17-14(16-13)9-12-8-5-4-7-11(12)2/h4-5,7-8,10H,3,6,9H2,1-2H3,(H,16,17,18). The van der Waals surface area contributed by atoms with Crippen molar-refractivity contribution < 1.29 is 0 Å². The lowest BCUT2D eigenvalue weighted by Gasteiger charge is -2.07. The molecule has 0 radical (unpaired) electrons. The molecule has 0 aliphatic carbocycles. The van der Waals surface area contributed by atoms with E-state index in [1.807, 2.05) is 6.07 Å². The Hall–Kier alpha value is -1.48. The van der Waals surface area contributed by atoms with E-state index in [1.165, 1.54) is 16.8 Å². The van der Waals surface area contributed by atoms with Crippen LogP contribution < -0.4 is 0 Å². The highest BCUT2D eigenvalue weighted by molar-refractivity contribution is 7.71. The zero-order chi connectivity index (χ0) is 13.0. The number of H-pyrrole nitrogens is 1. The molecule has 1 heterocycles. The highest BCUT2D eigenvalue weighted by atomic mass is 32.1. The first-order chi connectivity index (χ1) is 8.69. The minimum atomic E-state index is 0.681. The fraction of sp³-hybridized carbons (Fsp3) is 0.333. The van der Waals surface area contributed by atoms with Gasteiger partial charge in [0.15, 0.2) is 0 Å². The van der Waals surface area contributed by atoms with E-state index in [4.69, 9.17) is 12.2 Å². The molecule has 3 heteroatoms. The third kappa shape index (κ3) is 3.26. The van der Waals surface area contributed by atoms with Crippen molar-refractivity contribution in [1.82, 2.24) is 9.97 Å². The van der Waals surface area contributed by atoms with Crippen molar-refractivity contribution in [3.8, 4) is 0 Å². The lowest BCUT2D eigenvalue weighted by Crippen LogP contribution is -2.02. The summed E-state index contributed by atoms with van der Waals surface area (Å²) in [4.78, 5) is 7.80. The molecule has 2 nitrogen and oxygen atoms in total. The average Bonchev–Trinajstić information content (AvgIpc) is 2.32. The second-order valence-electron chi connectivity index (χ2n) is 4.54. The molecule has 0 aliphatic heterocycles. The first-order valence-corrected chi connectivity index (χ1v) is 6.73. The third-order valence-electron chi connectivity index (χ3n) is 2.99. The molecular formula is C15H18N2S. The Balaban J connectivity index is 2.29. The highest BCUT2D eigenvalue weighted by Crippen LogP contribution is 2.11. The maximum Gasteiger partial charge on any atom is 0.130 e. The van der Waals surface area contributed by atoms with Gasteiger partial charge in [0, 0.05) is 12.1 Å². The first kappa shape index (κ1) is 13.0. The van der Waals surface area contributed by atoms with Crippen LogP contribution in [0.25, 0.3) is 0 Å². The fourth-order valence-electron chi connectivity index (χ4n) is 2.04. The average molecular weight is 258 g/mol. The van der Waals surface area contributed by atoms with Crippen molar-refractivity contribution in [2.24, 2.45) is 0 Å². The molecule has 94 valence electrons. The number of aromatic amines is 1. The van der Waals surface area contributed by atoms with Crippen LogP contribution in [0.2, 0.25) is 0 Å². The van der Waals surface area contributed by atoms with E-state index in [2.05, 4.69) is 48.1 Å². The van der Waals surface area contributed by atoms with Gasteiger partial charge in [-0.1, -0.05) is 49.8 Å². The van der Waals surface area contributed by atoms with Gasteiger partial charge in [0.05, 0.1) is 0 Å². The molecule has 0 bridgehead atoms. The Labute approximate surface area is 113 Å². The molecular weight excluding hydrogens is 240 g/mol. The maximum atomic E-state index is 5.22. The van der Waals surface area contributed by atoms with Crippen LogP contribution in [0.1, 0.15) is 36.0 Å². The molecule has 1 aromatic carbocycles. The molecule has 18 heavy (non-hydrogen) atoms. The van der Waals surface area contributed by atoms with Crippen molar-refractivity contribution >= 4 is 12.2 Å². The molecule has 0 atom stereocenters.